The van der Waals surface area contributed by atoms with E-state index in [4.69, 9.17) is 11.6 Å². The first-order valence-electron chi connectivity index (χ1n) is 12.3. The molecule has 1 aliphatic carbocycles. The second kappa shape index (κ2) is 10.6. The summed E-state index contributed by atoms with van der Waals surface area (Å²) in [5.41, 5.74) is 0.590. The summed E-state index contributed by atoms with van der Waals surface area (Å²) in [6.07, 6.45) is 1.43. The molecule has 0 spiro atoms. The summed E-state index contributed by atoms with van der Waals surface area (Å²) in [4.78, 5) is 40.3. The van der Waals surface area contributed by atoms with E-state index >= 15 is 0 Å². The van der Waals surface area contributed by atoms with Gasteiger partial charge >= 0.3 is 0 Å². The van der Waals surface area contributed by atoms with Gasteiger partial charge in [-0.1, -0.05) is 17.7 Å². The quantitative estimate of drug-likeness (QED) is 0.510. The summed E-state index contributed by atoms with van der Waals surface area (Å²) < 4.78 is 29.8. The molecule has 0 radical (unpaired) electrons. The number of alkyl halides is 2. The fourth-order valence-electron chi connectivity index (χ4n) is 5.68. The third kappa shape index (κ3) is 5.41. The van der Waals surface area contributed by atoms with Gasteiger partial charge in [0, 0.05) is 35.6 Å². The molecule has 11 heteroatoms. The topological polar surface area (TPSA) is 114 Å². The van der Waals surface area contributed by atoms with Crippen LogP contribution in [0.1, 0.15) is 45.4 Å². The van der Waals surface area contributed by atoms with Gasteiger partial charge in [0.25, 0.3) is 5.92 Å². The molecule has 8 nitrogen and oxygen atoms in total. The molecule has 0 unspecified atom stereocenters. The third-order valence-corrected chi connectivity index (χ3v) is 7.66. The lowest BCUT2D eigenvalue weighted by Gasteiger charge is -2.54. The van der Waals surface area contributed by atoms with Gasteiger partial charge in [-0.15, -0.1) is 0 Å². The summed E-state index contributed by atoms with van der Waals surface area (Å²) in [6.45, 7) is 2.18. The van der Waals surface area contributed by atoms with E-state index in [0.717, 1.165) is 6.42 Å². The standard InChI is InChI=1S/C25H30ClF2N5O3/c1-14(31-17-6-2-5-16(26)11-17)24(36)33-19-7-8-20(25(27,28)12-19)21(33)23(35)32-18(13-29)10-15-4-3-9-30-22(15)34/h2,5-6,11,14-15,18-21,31H,3-4,7-10,12H2,1H3,(H,30,34)(H,32,35)/t14-,15+,18+,19-,20-,21-/m0/s1. The van der Waals surface area contributed by atoms with Gasteiger partial charge in [0.15, 0.2) is 0 Å². The van der Waals surface area contributed by atoms with Crippen LogP contribution >= 0.6 is 11.6 Å². The molecule has 0 aromatic heterocycles. The fourth-order valence-corrected chi connectivity index (χ4v) is 5.87. The van der Waals surface area contributed by atoms with E-state index in [-0.39, 0.29) is 18.7 Å². The first kappa shape index (κ1) is 26.1. The second-order valence-electron chi connectivity index (χ2n) is 9.93. The van der Waals surface area contributed by atoms with Crippen molar-refractivity contribution < 1.29 is 23.2 Å². The number of amides is 3. The van der Waals surface area contributed by atoms with Gasteiger partial charge in [0.1, 0.15) is 18.1 Å². The van der Waals surface area contributed by atoms with Gasteiger partial charge in [0.2, 0.25) is 17.7 Å². The van der Waals surface area contributed by atoms with Crippen molar-refractivity contribution >= 4 is 35.0 Å². The number of piperidine rings is 3. The van der Waals surface area contributed by atoms with E-state index in [1.54, 1.807) is 31.2 Å². The molecule has 3 N–H and O–H groups in total. The van der Waals surface area contributed by atoms with Crippen LogP contribution in [0.25, 0.3) is 0 Å². The highest BCUT2D eigenvalue weighted by atomic mass is 35.5. The van der Waals surface area contributed by atoms with E-state index < -0.39 is 60.2 Å². The van der Waals surface area contributed by atoms with Crippen LogP contribution in [-0.4, -0.2) is 59.3 Å². The number of benzene rings is 1. The molecule has 6 atom stereocenters. The van der Waals surface area contributed by atoms with Crippen LogP contribution in [0.4, 0.5) is 14.5 Å². The molecule has 3 saturated heterocycles. The molecular formula is C25H30ClF2N5O3. The first-order valence-corrected chi connectivity index (χ1v) is 12.7. The minimum atomic E-state index is -3.10. The molecule has 36 heavy (non-hydrogen) atoms. The number of carbonyl (C=O) groups excluding carboxylic acids is 3. The van der Waals surface area contributed by atoms with Crippen molar-refractivity contribution in [3.05, 3.63) is 29.3 Å². The summed E-state index contributed by atoms with van der Waals surface area (Å²) in [5, 5.41) is 18.4. The van der Waals surface area contributed by atoms with Gasteiger partial charge in [-0.3, -0.25) is 14.4 Å². The minimum Gasteiger partial charge on any atom is -0.374 e. The zero-order valence-corrected chi connectivity index (χ0v) is 20.7. The summed E-state index contributed by atoms with van der Waals surface area (Å²) in [5.74, 6) is -6.32. The Balaban J connectivity index is 1.52. The number of hydrogen-bond donors (Lipinski definition) is 3. The first-order chi connectivity index (χ1) is 17.1. The molecule has 2 bridgehead atoms. The van der Waals surface area contributed by atoms with Gasteiger partial charge in [-0.05, 0) is 57.2 Å². The Labute approximate surface area is 213 Å². The number of halogens is 3. The third-order valence-electron chi connectivity index (χ3n) is 7.43. The number of nitrogens with one attached hydrogen (secondary N) is 3. The molecule has 1 saturated carbocycles. The molecular weight excluding hydrogens is 492 g/mol. The maximum absolute atomic E-state index is 14.9. The van der Waals surface area contributed by atoms with Crippen LogP contribution in [0.3, 0.4) is 0 Å². The maximum Gasteiger partial charge on any atom is 0.255 e. The molecule has 194 valence electrons. The van der Waals surface area contributed by atoms with Crippen LogP contribution in [0.2, 0.25) is 5.02 Å². The normalized spacial score (nSPS) is 28.4. The molecule has 1 aromatic rings. The van der Waals surface area contributed by atoms with Crippen molar-refractivity contribution in [2.75, 3.05) is 11.9 Å². The summed E-state index contributed by atoms with van der Waals surface area (Å²) >= 11 is 6.02. The largest absolute Gasteiger partial charge is 0.374 e. The number of rotatable bonds is 7. The second-order valence-corrected chi connectivity index (χ2v) is 10.4. The molecule has 4 fully saturated rings. The number of fused-ring (bicyclic) bond motifs is 3. The van der Waals surface area contributed by atoms with Gasteiger partial charge in [-0.25, -0.2) is 8.78 Å². The zero-order chi connectivity index (χ0) is 26.0. The molecule has 5 rings (SSSR count). The van der Waals surface area contributed by atoms with Crippen LogP contribution in [0.5, 0.6) is 0 Å². The number of anilines is 1. The fraction of sp³-hybridized carbons (Fsp3) is 0.600. The molecule has 3 amide bonds. The Morgan fingerprint density at radius 3 is 2.78 bits per heavy atom. The molecule has 1 aromatic carbocycles. The zero-order valence-electron chi connectivity index (χ0n) is 20.0. The average molecular weight is 522 g/mol. The van der Waals surface area contributed by atoms with Crippen molar-refractivity contribution in [1.29, 1.82) is 5.26 Å². The predicted octanol–water partition coefficient (Wildman–Crippen LogP) is 3.08. The van der Waals surface area contributed by atoms with Crippen molar-refractivity contribution in [3.63, 3.8) is 0 Å². The lowest BCUT2D eigenvalue weighted by molar-refractivity contribution is -0.194. The summed E-state index contributed by atoms with van der Waals surface area (Å²) in [6, 6.07) is 4.74. The van der Waals surface area contributed by atoms with Crippen molar-refractivity contribution in [3.8, 4) is 6.07 Å². The van der Waals surface area contributed by atoms with Crippen molar-refractivity contribution in [2.24, 2.45) is 11.8 Å². The molecule has 4 aliphatic rings. The Kier molecular flexibility index (Phi) is 7.69. The molecule has 3 aliphatic heterocycles. The number of nitriles is 1. The average Bonchev–Trinajstić information content (AvgIpc) is 2.83. The van der Waals surface area contributed by atoms with Gasteiger partial charge in [-0.2, -0.15) is 5.26 Å². The lowest BCUT2D eigenvalue weighted by atomic mass is 9.71. The Bertz CT molecular complexity index is 1060. The minimum absolute atomic E-state index is 0.0892. The highest BCUT2D eigenvalue weighted by molar-refractivity contribution is 6.30. The summed E-state index contributed by atoms with van der Waals surface area (Å²) in [7, 11) is 0. The van der Waals surface area contributed by atoms with Gasteiger partial charge < -0.3 is 20.9 Å². The van der Waals surface area contributed by atoms with E-state index in [0.29, 0.717) is 30.1 Å². The Hall–Kier alpha value is -2.93. The van der Waals surface area contributed by atoms with Crippen LogP contribution in [0, 0.1) is 23.2 Å². The van der Waals surface area contributed by atoms with Crippen molar-refractivity contribution in [2.45, 2.75) is 75.5 Å². The van der Waals surface area contributed by atoms with E-state index in [1.807, 2.05) is 6.07 Å². The SMILES string of the molecule is C[C@H](Nc1cccc(Cl)c1)C(=O)N1[C@H]2CC[C@@H]([C@H]1C(=O)N[C@@H](C#N)C[C@H]1CCCNC1=O)C(F)(F)C2. The smallest absolute Gasteiger partial charge is 0.255 e. The monoisotopic (exact) mass is 521 g/mol. The predicted molar refractivity (Wildman–Crippen MR) is 129 cm³/mol. The van der Waals surface area contributed by atoms with E-state index in [2.05, 4.69) is 16.0 Å². The highest BCUT2D eigenvalue weighted by Crippen LogP contribution is 2.49. The van der Waals surface area contributed by atoms with E-state index in [9.17, 15) is 28.4 Å². The highest BCUT2D eigenvalue weighted by Gasteiger charge is 2.60. The van der Waals surface area contributed by atoms with E-state index in [1.165, 1.54) is 4.90 Å². The van der Waals surface area contributed by atoms with Crippen molar-refractivity contribution in [1.82, 2.24) is 15.5 Å². The molecule has 3 heterocycles. The Morgan fingerprint density at radius 2 is 2.11 bits per heavy atom. The van der Waals surface area contributed by atoms with Crippen LogP contribution in [-0.2, 0) is 14.4 Å². The number of hydrogen-bond acceptors (Lipinski definition) is 5. The van der Waals surface area contributed by atoms with Crippen LogP contribution in [0.15, 0.2) is 24.3 Å². The van der Waals surface area contributed by atoms with Gasteiger partial charge in [0.05, 0.1) is 12.0 Å². The maximum atomic E-state index is 14.9. The number of carbonyl (C=O) groups is 3. The lowest BCUT2D eigenvalue weighted by Crippen LogP contribution is -2.70. The Morgan fingerprint density at radius 1 is 1.33 bits per heavy atom. The number of nitrogens with zero attached hydrogens (tertiary/aromatic N) is 2. The van der Waals surface area contributed by atoms with Crippen LogP contribution < -0.4 is 16.0 Å².